The molecule has 22 heavy (non-hydrogen) atoms. The number of hydrogen-bond donors (Lipinski definition) is 1. The second-order valence-corrected chi connectivity index (χ2v) is 6.75. The molecule has 1 fully saturated rings. The van der Waals surface area contributed by atoms with Gasteiger partial charge in [-0.15, -0.1) is 11.3 Å². The van der Waals surface area contributed by atoms with Crippen molar-refractivity contribution in [3.63, 3.8) is 0 Å². The van der Waals surface area contributed by atoms with Crippen LogP contribution in [0.1, 0.15) is 23.5 Å². The number of nitrogens with one attached hydrogen (secondary N) is 1. The predicted molar refractivity (Wildman–Crippen MR) is 91.8 cm³/mol. The Morgan fingerprint density at radius 1 is 1.41 bits per heavy atom. The van der Waals surface area contributed by atoms with Crippen molar-refractivity contribution in [1.82, 2.24) is 10.2 Å². The van der Waals surface area contributed by atoms with E-state index in [4.69, 9.17) is 21.4 Å². The van der Waals surface area contributed by atoms with Crippen molar-refractivity contribution in [2.75, 3.05) is 13.2 Å². The van der Waals surface area contributed by atoms with E-state index >= 15 is 0 Å². The third-order valence-electron chi connectivity index (χ3n) is 3.66. The molecule has 0 unspecified atom stereocenters. The van der Waals surface area contributed by atoms with Gasteiger partial charge in [0.1, 0.15) is 5.76 Å². The van der Waals surface area contributed by atoms with E-state index in [-0.39, 0.29) is 6.10 Å². The van der Waals surface area contributed by atoms with Crippen molar-refractivity contribution in [3.05, 3.63) is 46.5 Å². The van der Waals surface area contributed by atoms with Gasteiger partial charge < -0.3 is 19.4 Å². The van der Waals surface area contributed by atoms with Crippen LogP contribution < -0.4 is 5.32 Å². The molecule has 1 aliphatic heterocycles. The lowest BCUT2D eigenvalue weighted by Gasteiger charge is -2.27. The average Bonchev–Trinajstić information content (AvgIpc) is 3.27. The molecular weight excluding hydrogens is 316 g/mol. The first-order valence-corrected chi connectivity index (χ1v) is 8.79. The molecule has 1 saturated heterocycles. The Hall–Kier alpha value is -1.37. The molecule has 0 spiro atoms. The molecule has 1 atom stereocenters. The Labute approximate surface area is 140 Å². The molecule has 0 aliphatic carbocycles. The fourth-order valence-corrected chi connectivity index (χ4v) is 3.46. The molecule has 3 heterocycles. The number of nitrogens with zero attached hydrogens (tertiary/aromatic N) is 1. The van der Waals surface area contributed by atoms with Crippen LogP contribution in [-0.4, -0.2) is 29.3 Å². The Kier molecular flexibility index (Phi) is 5.48. The lowest BCUT2D eigenvalue weighted by atomic mass is 10.2. The maximum atomic E-state index is 5.76. The minimum atomic E-state index is 0.281. The highest BCUT2D eigenvalue weighted by Gasteiger charge is 2.21. The smallest absolute Gasteiger partial charge is 0.169 e. The van der Waals surface area contributed by atoms with Gasteiger partial charge in [-0.25, -0.2) is 0 Å². The van der Waals surface area contributed by atoms with Crippen molar-refractivity contribution < 1.29 is 9.15 Å². The highest BCUT2D eigenvalue weighted by Crippen LogP contribution is 2.17. The summed E-state index contributed by atoms with van der Waals surface area (Å²) < 4.78 is 11.1. The van der Waals surface area contributed by atoms with Gasteiger partial charge in [0.2, 0.25) is 0 Å². The van der Waals surface area contributed by atoms with E-state index in [0.717, 1.165) is 43.4 Å². The lowest BCUT2D eigenvalue weighted by Crippen LogP contribution is -2.42. The molecule has 2 aromatic rings. The van der Waals surface area contributed by atoms with Crippen molar-refractivity contribution >= 4 is 28.7 Å². The van der Waals surface area contributed by atoms with Crippen LogP contribution in [0.4, 0.5) is 0 Å². The monoisotopic (exact) mass is 336 g/mol. The zero-order valence-electron chi connectivity index (χ0n) is 12.4. The Morgan fingerprint density at radius 2 is 2.36 bits per heavy atom. The second kappa shape index (κ2) is 7.76. The van der Waals surface area contributed by atoms with Crippen LogP contribution in [0.2, 0.25) is 0 Å². The summed E-state index contributed by atoms with van der Waals surface area (Å²) in [5.74, 6) is 0.885. The molecule has 118 valence electrons. The summed E-state index contributed by atoms with van der Waals surface area (Å²) in [6, 6.07) is 8.04. The third-order valence-corrected chi connectivity index (χ3v) is 4.92. The van der Waals surface area contributed by atoms with Crippen LogP contribution in [-0.2, 0) is 17.8 Å². The van der Waals surface area contributed by atoms with E-state index in [0.29, 0.717) is 6.54 Å². The SMILES string of the molecule is S=C(NCc1ccco1)N(Cc1cccs1)C[C@@H]1CCCO1. The summed E-state index contributed by atoms with van der Waals surface area (Å²) in [6.07, 6.45) is 4.21. The van der Waals surface area contributed by atoms with Gasteiger partial charge in [0, 0.05) is 18.0 Å². The van der Waals surface area contributed by atoms with E-state index < -0.39 is 0 Å². The van der Waals surface area contributed by atoms with Gasteiger partial charge in [0.05, 0.1) is 25.5 Å². The van der Waals surface area contributed by atoms with Crippen LogP contribution in [0.3, 0.4) is 0 Å². The maximum absolute atomic E-state index is 5.76. The zero-order valence-corrected chi connectivity index (χ0v) is 14.0. The molecule has 0 saturated carbocycles. The maximum Gasteiger partial charge on any atom is 0.169 e. The molecule has 3 rings (SSSR count). The number of furan rings is 1. The standard InChI is InChI=1S/C16H20N2O2S2/c21-16(17-10-13-4-1-7-19-13)18(11-14-5-2-8-20-14)12-15-6-3-9-22-15/h1,3-4,6-7,9,14H,2,5,8,10-12H2,(H,17,21)/t14-/m0/s1. The number of thiophene rings is 1. The van der Waals surface area contributed by atoms with Gasteiger partial charge in [-0.05, 0) is 48.6 Å². The molecule has 4 nitrogen and oxygen atoms in total. The predicted octanol–water partition coefficient (Wildman–Crippen LogP) is 3.40. The molecule has 0 bridgehead atoms. The van der Waals surface area contributed by atoms with E-state index in [9.17, 15) is 0 Å². The first-order valence-electron chi connectivity index (χ1n) is 7.50. The molecule has 1 aliphatic rings. The first-order chi connectivity index (χ1) is 10.8. The van der Waals surface area contributed by atoms with Gasteiger partial charge >= 0.3 is 0 Å². The minimum absolute atomic E-state index is 0.281. The van der Waals surface area contributed by atoms with Gasteiger partial charge in [0.15, 0.2) is 5.11 Å². The van der Waals surface area contributed by atoms with E-state index in [1.165, 1.54) is 4.88 Å². The molecule has 6 heteroatoms. The summed E-state index contributed by atoms with van der Waals surface area (Å²) in [4.78, 5) is 3.50. The third kappa shape index (κ3) is 4.32. The second-order valence-electron chi connectivity index (χ2n) is 5.33. The zero-order chi connectivity index (χ0) is 15.2. The summed E-state index contributed by atoms with van der Waals surface area (Å²) >= 11 is 7.33. The van der Waals surface area contributed by atoms with Crippen LogP contribution >= 0.6 is 23.6 Å². The van der Waals surface area contributed by atoms with Crippen LogP contribution in [0, 0.1) is 0 Å². The highest BCUT2D eigenvalue weighted by atomic mass is 32.1. The van der Waals surface area contributed by atoms with E-state index in [2.05, 4.69) is 27.7 Å². The lowest BCUT2D eigenvalue weighted by molar-refractivity contribution is 0.0899. The minimum Gasteiger partial charge on any atom is -0.467 e. The van der Waals surface area contributed by atoms with Crippen LogP contribution in [0.5, 0.6) is 0 Å². The molecule has 0 amide bonds. The van der Waals surface area contributed by atoms with Crippen molar-refractivity contribution in [3.8, 4) is 0 Å². The summed E-state index contributed by atoms with van der Waals surface area (Å²) in [6.45, 7) is 3.13. The van der Waals surface area contributed by atoms with Gasteiger partial charge in [-0.3, -0.25) is 0 Å². The molecule has 0 aromatic carbocycles. The molecule has 2 aromatic heterocycles. The number of rotatable bonds is 6. The Balaban J connectivity index is 1.59. The van der Waals surface area contributed by atoms with Gasteiger partial charge in [0.25, 0.3) is 0 Å². The van der Waals surface area contributed by atoms with E-state index in [1.807, 2.05) is 12.1 Å². The van der Waals surface area contributed by atoms with Crippen LogP contribution in [0.25, 0.3) is 0 Å². The normalized spacial score (nSPS) is 17.5. The van der Waals surface area contributed by atoms with Crippen molar-refractivity contribution in [1.29, 1.82) is 0 Å². The quantitative estimate of drug-likeness (QED) is 0.819. The summed E-state index contributed by atoms with van der Waals surface area (Å²) in [5.41, 5.74) is 0. The van der Waals surface area contributed by atoms with Crippen molar-refractivity contribution in [2.24, 2.45) is 0 Å². The topological polar surface area (TPSA) is 37.6 Å². The van der Waals surface area contributed by atoms with Crippen molar-refractivity contribution in [2.45, 2.75) is 32.0 Å². The van der Waals surface area contributed by atoms with Gasteiger partial charge in [-0.1, -0.05) is 6.07 Å². The summed E-state index contributed by atoms with van der Waals surface area (Å²) in [7, 11) is 0. The first kappa shape index (κ1) is 15.5. The molecular formula is C16H20N2O2S2. The average molecular weight is 336 g/mol. The van der Waals surface area contributed by atoms with Gasteiger partial charge in [-0.2, -0.15) is 0 Å². The van der Waals surface area contributed by atoms with Crippen LogP contribution in [0.15, 0.2) is 40.3 Å². The van der Waals surface area contributed by atoms with E-state index in [1.54, 1.807) is 17.6 Å². The molecule has 1 N–H and O–H groups in total. The number of ether oxygens (including phenoxy) is 1. The fourth-order valence-electron chi connectivity index (χ4n) is 2.53. The summed E-state index contributed by atoms with van der Waals surface area (Å²) in [5, 5.41) is 6.13. The number of thiocarbonyl (C=S) groups is 1. The fraction of sp³-hybridized carbons (Fsp3) is 0.438. The highest BCUT2D eigenvalue weighted by molar-refractivity contribution is 7.80. The molecule has 0 radical (unpaired) electrons. The Morgan fingerprint density at radius 3 is 3.05 bits per heavy atom. The largest absolute Gasteiger partial charge is 0.467 e. The Bertz CT molecular complexity index is 563. The number of hydrogen-bond acceptors (Lipinski definition) is 4.